The van der Waals surface area contributed by atoms with Crippen LogP contribution in [0.15, 0.2) is 35.1 Å². The van der Waals surface area contributed by atoms with Crippen molar-refractivity contribution in [2.45, 2.75) is 0 Å². The van der Waals surface area contributed by atoms with Crippen LogP contribution >= 0.6 is 0 Å². The van der Waals surface area contributed by atoms with Crippen molar-refractivity contribution >= 4 is 12.0 Å². The second kappa shape index (κ2) is 4.21. The number of carbonyl (C=O) groups is 1. The zero-order valence-corrected chi connectivity index (χ0v) is 9.25. The van der Waals surface area contributed by atoms with Gasteiger partial charge in [0.05, 0.1) is 5.56 Å². The SMILES string of the molecule is Cn1nc(-c2ccccc2)c(C=O)c(N)c1=O. The molecule has 0 spiro atoms. The van der Waals surface area contributed by atoms with E-state index in [0.717, 1.165) is 10.2 Å². The average molecular weight is 229 g/mol. The number of aryl methyl sites for hydroxylation is 1. The van der Waals surface area contributed by atoms with E-state index in [-0.39, 0.29) is 11.3 Å². The molecule has 2 aromatic rings. The van der Waals surface area contributed by atoms with Gasteiger partial charge in [-0.1, -0.05) is 30.3 Å². The quantitative estimate of drug-likeness (QED) is 0.774. The monoisotopic (exact) mass is 229 g/mol. The van der Waals surface area contributed by atoms with Crippen molar-refractivity contribution in [1.29, 1.82) is 0 Å². The molecule has 0 aliphatic carbocycles. The van der Waals surface area contributed by atoms with E-state index in [9.17, 15) is 9.59 Å². The Hall–Kier alpha value is -2.43. The Kier molecular flexibility index (Phi) is 2.74. The highest BCUT2D eigenvalue weighted by Crippen LogP contribution is 2.21. The molecule has 0 saturated heterocycles. The van der Waals surface area contributed by atoms with E-state index in [1.54, 1.807) is 12.1 Å². The molecule has 0 radical (unpaired) electrons. The zero-order chi connectivity index (χ0) is 12.4. The molecule has 0 aliphatic rings. The van der Waals surface area contributed by atoms with Crippen molar-refractivity contribution in [3.05, 3.63) is 46.2 Å². The Morgan fingerprint density at radius 3 is 2.53 bits per heavy atom. The maximum Gasteiger partial charge on any atom is 0.290 e. The summed E-state index contributed by atoms with van der Waals surface area (Å²) in [7, 11) is 1.50. The van der Waals surface area contributed by atoms with Crippen molar-refractivity contribution in [3.63, 3.8) is 0 Å². The Bertz CT molecular complexity index is 618. The van der Waals surface area contributed by atoms with E-state index in [4.69, 9.17) is 5.73 Å². The van der Waals surface area contributed by atoms with Gasteiger partial charge in [-0.05, 0) is 0 Å². The van der Waals surface area contributed by atoms with Crippen molar-refractivity contribution in [1.82, 2.24) is 9.78 Å². The third-order valence-electron chi connectivity index (χ3n) is 2.48. The van der Waals surface area contributed by atoms with E-state index in [1.807, 2.05) is 18.2 Å². The summed E-state index contributed by atoms with van der Waals surface area (Å²) in [5.41, 5.74) is 6.39. The first kappa shape index (κ1) is 11.1. The van der Waals surface area contributed by atoms with Gasteiger partial charge in [0.15, 0.2) is 6.29 Å². The van der Waals surface area contributed by atoms with Crippen LogP contribution in [0.2, 0.25) is 0 Å². The molecule has 1 aromatic carbocycles. The summed E-state index contributed by atoms with van der Waals surface area (Å²) in [4.78, 5) is 22.6. The lowest BCUT2D eigenvalue weighted by atomic mass is 10.1. The molecule has 0 saturated carbocycles. The number of nitrogens with zero attached hydrogens (tertiary/aromatic N) is 2. The number of aldehydes is 1. The molecule has 5 heteroatoms. The van der Waals surface area contributed by atoms with Gasteiger partial charge in [0, 0.05) is 12.6 Å². The van der Waals surface area contributed by atoms with Crippen molar-refractivity contribution < 1.29 is 4.79 Å². The summed E-state index contributed by atoms with van der Waals surface area (Å²) < 4.78 is 1.13. The second-order valence-electron chi connectivity index (χ2n) is 3.59. The van der Waals surface area contributed by atoms with Crippen LogP contribution in [0, 0.1) is 0 Å². The maximum atomic E-state index is 11.5. The standard InChI is InChI=1S/C12H11N3O2/c1-15-12(17)10(13)9(7-16)11(14-15)8-5-3-2-4-6-8/h2-7H,13H2,1H3. The summed E-state index contributed by atoms with van der Waals surface area (Å²) in [5, 5.41) is 4.07. The third kappa shape index (κ3) is 1.82. The normalized spacial score (nSPS) is 10.2. The van der Waals surface area contributed by atoms with Crippen LogP contribution in [0.25, 0.3) is 11.3 Å². The van der Waals surface area contributed by atoms with Gasteiger partial charge in [-0.3, -0.25) is 9.59 Å². The minimum absolute atomic E-state index is 0.0728. The Morgan fingerprint density at radius 2 is 1.94 bits per heavy atom. The zero-order valence-electron chi connectivity index (χ0n) is 9.25. The third-order valence-corrected chi connectivity index (χ3v) is 2.48. The van der Waals surface area contributed by atoms with E-state index in [2.05, 4.69) is 5.10 Å². The highest BCUT2D eigenvalue weighted by atomic mass is 16.1. The predicted molar refractivity (Wildman–Crippen MR) is 64.7 cm³/mol. The topological polar surface area (TPSA) is 78.0 Å². The smallest absolute Gasteiger partial charge is 0.290 e. The van der Waals surface area contributed by atoms with Gasteiger partial charge in [-0.25, -0.2) is 4.68 Å². The Labute approximate surface area is 97.5 Å². The first-order chi connectivity index (χ1) is 8.15. The fourth-order valence-electron chi connectivity index (χ4n) is 1.59. The molecule has 0 amide bonds. The van der Waals surface area contributed by atoms with Crippen LogP contribution in [0.1, 0.15) is 10.4 Å². The van der Waals surface area contributed by atoms with Crippen molar-refractivity contribution in [3.8, 4) is 11.3 Å². The Balaban J connectivity index is 2.79. The molecule has 0 atom stereocenters. The maximum absolute atomic E-state index is 11.5. The lowest BCUT2D eigenvalue weighted by Gasteiger charge is -2.08. The van der Waals surface area contributed by atoms with E-state index in [0.29, 0.717) is 12.0 Å². The molecule has 0 unspecified atom stereocenters. The molecular weight excluding hydrogens is 218 g/mol. The lowest BCUT2D eigenvalue weighted by Crippen LogP contribution is -2.25. The number of nitrogens with two attached hydrogens (primary N) is 1. The van der Waals surface area contributed by atoms with Crippen LogP contribution in [0.5, 0.6) is 0 Å². The summed E-state index contributed by atoms with van der Waals surface area (Å²) in [6, 6.07) is 9.12. The minimum Gasteiger partial charge on any atom is -0.394 e. The summed E-state index contributed by atoms with van der Waals surface area (Å²) in [6.45, 7) is 0. The summed E-state index contributed by atoms with van der Waals surface area (Å²) >= 11 is 0. The highest BCUT2D eigenvalue weighted by molar-refractivity contribution is 5.91. The van der Waals surface area contributed by atoms with Crippen LogP contribution < -0.4 is 11.3 Å². The van der Waals surface area contributed by atoms with Crippen molar-refractivity contribution in [2.24, 2.45) is 7.05 Å². The van der Waals surface area contributed by atoms with Gasteiger partial charge in [0.1, 0.15) is 11.4 Å². The average Bonchev–Trinajstić information content (AvgIpc) is 2.36. The molecule has 1 aromatic heterocycles. The number of benzene rings is 1. The van der Waals surface area contributed by atoms with Gasteiger partial charge in [-0.2, -0.15) is 5.10 Å². The largest absolute Gasteiger partial charge is 0.394 e. The van der Waals surface area contributed by atoms with Gasteiger partial charge >= 0.3 is 0 Å². The molecule has 17 heavy (non-hydrogen) atoms. The van der Waals surface area contributed by atoms with E-state index >= 15 is 0 Å². The molecule has 86 valence electrons. The predicted octanol–water partition coefficient (Wildman–Crippen LogP) is 0.842. The van der Waals surface area contributed by atoms with Crippen molar-refractivity contribution in [2.75, 3.05) is 5.73 Å². The highest BCUT2D eigenvalue weighted by Gasteiger charge is 2.14. The van der Waals surface area contributed by atoms with Crippen LogP contribution in [0.4, 0.5) is 5.69 Å². The summed E-state index contributed by atoms with van der Waals surface area (Å²) in [6.07, 6.45) is 0.562. The first-order valence-corrected chi connectivity index (χ1v) is 5.02. The van der Waals surface area contributed by atoms with E-state index in [1.165, 1.54) is 7.05 Å². The lowest BCUT2D eigenvalue weighted by molar-refractivity contribution is 0.112. The fourth-order valence-corrected chi connectivity index (χ4v) is 1.59. The molecule has 0 fully saturated rings. The van der Waals surface area contributed by atoms with Gasteiger partial charge in [-0.15, -0.1) is 0 Å². The molecule has 0 aliphatic heterocycles. The van der Waals surface area contributed by atoms with Crippen LogP contribution in [-0.4, -0.2) is 16.1 Å². The number of rotatable bonds is 2. The number of anilines is 1. The van der Waals surface area contributed by atoms with Crippen LogP contribution in [-0.2, 0) is 7.05 Å². The van der Waals surface area contributed by atoms with E-state index < -0.39 is 5.56 Å². The van der Waals surface area contributed by atoms with Crippen LogP contribution in [0.3, 0.4) is 0 Å². The fraction of sp³-hybridized carbons (Fsp3) is 0.0833. The minimum atomic E-state index is -0.466. The number of hydrogen-bond acceptors (Lipinski definition) is 4. The first-order valence-electron chi connectivity index (χ1n) is 5.02. The molecule has 2 N–H and O–H groups in total. The molecule has 0 bridgehead atoms. The second-order valence-corrected chi connectivity index (χ2v) is 3.59. The number of nitrogen functional groups attached to an aromatic ring is 1. The number of hydrogen-bond donors (Lipinski definition) is 1. The Morgan fingerprint density at radius 1 is 1.29 bits per heavy atom. The molecule has 1 heterocycles. The van der Waals surface area contributed by atoms with Gasteiger partial charge in [0.25, 0.3) is 5.56 Å². The number of carbonyl (C=O) groups excluding carboxylic acids is 1. The van der Waals surface area contributed by atoms with Gasteiger partial charge in [0.2, 0.25) is 0 Å². The van der Waals surface area contributed by atoms with Gasteiger partial charge < -0.3 is 5.73 Å². The number of aromatic nitrogens is 2. The molecular formula is C12H11N3O2. The molecule has 2 rings (SSSR count). The molecule has 5 nitrogen and oxygen atoms in total. The summed E-state index contributed by atoms with van der Waals surface area (Å²) in [5.74, 6) is 0.